The van der Waals surface area contributed by atoms with E-state index in [1.54, 1.807) is 0 Å². The van der Waals surface area contributed by atoms with Crippen molar-refractivity contribution in [2.45, 2.75) is 59.9 Å². The lowest BCUT2D eigenvalue weighted by Crippen LogP contribution is -2.44. The predicted octanol–water partition coefficient (Wildman–Crippen LogP) is 3.02. The molecule has 20 heavy (non-hydrogen) atoms. The first-order valence-electron chi connectivity index (χ1n) is 7.81. The number of carboxylic acid groups (broad SMARTS) is 1. The average molecular weight is 283 g/mol. The molecule has 1 aliphatic carbocycles. The lowest BCUT2D eigenvalue weighted by Gasteiger charge is -2.32. The van der Waals surface area contributed by atoms with Crippen LogP contribution in [0.25, 0.3) is 0 Å². The van der Waals surface area contributed by atoms with Crippen molar-refractivity contribution >= 4 is 11.9 Å². The SMILES string of the molecule is CCC1C[C@H](C(=O)N(CC(C)C)C(C)C)[C@H](C(=O)O)C1. The number of rotatable bonds is 6. The van der Waals surface area contributed by atoms with Gasteiger partial charge in [-0.15, -0.1) is 0 Å². The van der Waals surface area contributed by atoms with Crippen molar-refractivity contribution in [1.82, 2.24) is 4.90 Å². The highest BCUT2D eigenvalue weighted by molar-refractivity contribution is 5.85. The quantitative estimate of drug-likeness (QED) is 0.815. The minimum Gasteiger partial charge on any atom is -0.481 e. The molecule has 116 valence electrons. The van der Waals surface area contributed by atoms with Gasteiger partial charge in [0.25, 0.3) is 0 Å². The molecule has 1 fully saturated rings. The van der Waals surface area contributed by atoms with Gasteiger partial charge in [-0.2, -0.15) is 0 Å². The third-order valence-corrected chi connectivity index (χ3v) is 4.34. The Morgan fingerprint density at radius 2 is 1.70 bits per heavy atom. The van der Waals surface area contributed by atoms with Crippen LogP contribution in [0.2, 0.25) is 0 Å². The number of amides is 1. The summed E-state index contributed by atoms with van der Waals surface area (Å²) in [7, 11) is 0. The molecule has 0 bridgehead atoms. The Morgan fingerprint density at radius 3 is 2.10 bits per heavy atom. The average Bonchev–Trinajstić information content (AvgIpc) is 2.78. The Hall–Kier alpha value is -1.06. The van der Waals surface area contributed by atoms with Crippen molar-refractivity contribution in [3.63, 3.8) is 0 Å². The second kappa shape index (κ2) is 7.09. The smallest absolute Gasteiger partial charge is 0.307 e. The summed E-state index contributed by atoms with van der Waals surface area (Å²) >= 11 is 0. The maximum atomic E-state index is 12.8. The van der Waals surface area contributed by atoms with E-state index in [0.717, 1.165) is 12.8 Å². The van der Waals surface area contributed by atoms with Crippen LogP contribution in [0.1, 0.15) is 53.9 Å². The highest BCUT2D eigenvalue weighted by Crippen LogP contribution is 2.39. The lowest BCUT2D eigenvalue weighted by atomic mass is 9.94. The van der Waals surface area contributed by atoms with Crippen molar-refractivity contribution in [2.75, 3.05) is 6.54 Å². The number of carboxylic acids is 1. The van der Waals surface area contributed by atoms with Crippen molar-refractivity contribution in [3.8, 4) is 0 Å². The van der Waals surface area contributed by atoms with Gasteiger partial charge in [-0.05, 0) is 38.5 Å². The fourth-order valence-electron chi connectivity index (χ4n) is 3.18. The fraction of sp³-hybridized carbons (Fsp3) is 0.875. The van der Waals surface area contributed by atoms with Crippen LogP contribution < -0.4 is 0 Å². The van der Waals surface area contributed by atoms with Crippen LogP contribution in [0.5, 0.6) is 0 Å². The van der Waals surface area contributed by atoms with Gasteiger partial charge < -0.3 is 10.0 Å². The minimum atomic E-state index is -0.812. The van der Waals surface area contributed by atoms with E-state index in [2.05, 4.69) is 20.8 Å². The summed E-state index contributed by atoms with van der Waals surface area (Å²) in [5.74, 6) is -0.838. The van der Waals surface area contributed by atoms with Gasteiger partial charge in [0.05, 0.1) is 11.8 Å². The van der Waals surface area contributed by atoms with E-state index in [4.69, 9.17) is 0 Å². The zero-order chi connectivity index (χ0) is 15.4. The van der Waals surface area contributed by atoms with E-state index in [-0.39, 0.29) is 17.9 Å². The number of nitrogens with zero attached hydrogens (tertiary/aromatic N) is 1. The molecule has 1 rings (SSSR count). The Labute approximate surface area is 122 Å². The summed E-state index contributed by atoms with van der Waals surface area (Å²) in [6.07, 6.45) is 2.34. The molecule has 0 heterocycles. The molecule has 1 amide bonds. The summed E-state index contributed by atoms with van der Waals surface area (Å²) < 4.78 is 0. The predicted molar refractivity (Wildman–Crippen MR) is 79.3 cm³/mol. The van der Waals surface area contributed by atoms with Gasteiger partial charge >= 0.3 is 5.97 Å². The molecular formula is C16H29NO3. The highest BCUT2D eigenvalue weighted by atomic mass is 16.4. The third kappa shape index (κ3) is 3.97. The Balaban J connectivity index is 2.88. The second-order valence-corrected chi connectivity index (χ2v) is 6.78. The van der Waals surface area contributed by atoms with Gasteiger partial charge in [0, 0.05) is 12.6 Å². The minimum absolute atomic E-state index is 0.0389. The van der Waals surface area contributed by atoms with Crippen LogP contribution >= 0.6 is 0 Å². The number of carbonyl (C=O) groups is 2. The summed E-state index contributed by atoms with van der Waals surface area (Å²) in [4.78, 5) is 26.0. The number of aliphatic carboxylic acids is 1. The van der Waals surface area contributed by atoms with Crippen molar-refractivity contribution in [2.24, 2.45) is 23.7 Å². The van der Waals surface area contributed by atoms with Crippen LogP contribution in [0, 0.1) is 23.7 Å². The zero-order valence-corrected chi connectivity index (χ0v) is 13.4. The molecule has 1 unspecified atom stereocenters. The van der Waals surface area contributed by atoms with E-state index in [0.29, 0.717) is 24.8 Å². The molecule has 0 radical (unpaired) electrons. The summed E-state index contributed by atoms with van der Waals surface area (Å²) in [5, 5.41) is 9.38. The second-order valence-electron chi connectivity index (χ2n) is 6.78. The maximum Gasteiger partial charge on any atom is 0.307 e. The van der Waals surface area contributed by atoms with E-state index < -0.39 is 11.9 Å². The molecule has 1 aliphatic rings. The Bertz CT molecular complexity index is 352. The molecule has 4 nitrogen and oxygen atoms in total. The van der Waals surface area contributed by atoms with Crippen LogP contribution in [-0.2, 0) is 9.59 Å². The molecule has 0 aromatic carbocycles. The van der Waals surface area contributed by atoms with Crippen LogP contribution in [0.3, 0.4) is 0 Å². The summed E-state index contributed by atoms with van der Waals surface area (Å²) in [6.45, 7) is 11.0. The monoisotopic (exact) mass is 283 g/mol. The Kier molecular flexibility index (Phi) is 6.03. The molecule has 0 aliphatic heterocycles. The number of hydrogen-bond donors (Lipinski definition) is 1. The first kappa shape index (κ1) is 17.0. The van der Waals surface area contributed by atoms with Gasteiger partial charge in [-0.3, -0.25) is 9.59 Å². The largest absolute Gasteiger partial charge is 0.481 e. The molecule has 0 aromatic rings. The third-order valence-electron chi connectivity index (χ3n) is 4.34. The van der Waals surface area contributed by atoms with Gasteiger partial charge in [-0.1, -0.05) is 27.2 Å². The van der Waals surface area contributed by atoms with Crippen molar-refractivity contribution < 1.29 is 14.7 Å². The lowest BCUT2D eigenvalue weighted by molar-refractivity contribution is -0.150. The van der Waals surface area contributed by atoms with Crippen molar-refractivity contribution in [3.05, 3.63) is 0 Å². The molecule has 1 saturated carbocycles. The zero-order valence-electron chi connectivity index (χ0n) is 13.4. The van der Waals surface area contributed by atoms with Gasteiger partial charge in [0.2, 0.25) is 5.91 Å². The molecular weight excluding hydrogens is 254 g/mol. The van der Waals surface area contributed by atoms with Crippen LogP contribution in [0.4, 0.5) is 0 Å². The number of carbonyl (C=O) groups excluding carboxylic acids is 1. The van der Waals surface area contributed by atoms with E-state index in [1.807, 2.05) is 18.7 Å². The van der Waals surface area contributed by atoms with Gasteiger partial charge in [0.15, 0.2) is 0 Å². The Morgan fingerprint density at radius 1 is 1.15 bits per heavy atom. The fourth-order valence-corrected chi connectivity index (χ4v) is 3.18. The normalized spacial score (nSPS) is 26.2. The molecule has 0 aromatic heterocycles. The van der Waals surface area contributed by atoms with Crippen LogP contribution in [-0.4, -0.2) is 34.5 Å². The summed E-state index contributed by atoms with van der Waals surface area (Å²) in [6, 6.07) is 0.125. The topological polar surface area (TPSA) is 57.6 Å². The first-order chi connectivity index (χ1) is 9.27. The molecule has 1 N–H and O–H groups in total. The molecule has 4 heteroatoms. The first-order valence-corrected chi connectivity index (χ1v) is 7.81. The van der Waals surface area contributed by atoms with Crippen LogP contribution in [0.15, 0.2) is 0 Å². The standard InChI is InChI=1S/C16H29NO3/c1-6-12-7-13(14(8-12)16(19)20)15(18)17(11(4)5)9-10(2)3/h10-14H,6-9H2,1-5H3,(H,19,20)/t12?,13-,14+/m0/s1. The van der Waals surface area contributed by atoms with Crippen molar-refractivity contribution in [1.29, 1.82) is 0 Å². The molecule has 0 saturated heterocycles. The highest BCUT2D eigenvalue weighted by Gasteiger charge is 2.43. The van der Waals surface area contributed by atoms with Gasteiger partial charge in [-0.25, -0.2) is 0 Å². The molecule has 3 atom stereocenters. The van der Waals surface area contributed by atoms with E-state index in [9.17, 15) is 14.7 Å². The van der Waals surface area contributed by atoms with E-state index in [1.165, 1.54) is 0 Å². The maximum absolute atomic E-state index is 12.8. The van der Waals surface area contributed by atoms with E-state index >= 15 is 0 Å². The number of hydrogen-bond acceptors (Lipinski definition) is 2. The van der Waals surface area contributed by atoms with Gasteiger partial charge in [0.1, 0.15) is 0 Å². The molecule has 0 spiro atoms. The summed E-state index contributed by atoms with van der Waals surface area (Å²) in [5.41, 5.74) is 0.